The third kappa shape index (κ3) is 5.49. The number of benzene rings is 2. The molecule has 2 nitrogen and oxygen atoms in total. The molecule has 184 valence electrons. The molecule has 0 atom stereocenters. The summed E-state index contributed by atoms with van der Waals surface area (Å²) in [6, 6.07) is 2.37. The molecule has 0 aromatic heterocycles. The molecule has 0 N–H and O–H groups in total. The number of halogens is 14. The molecule has 2 aromatic rings. The van der Waals surface area contributed by atoms with E-state index in [2.05, 4.69) is 0 Å². The molecule has 0 unspecified atom stereocenters. The summed E-state index contributed by atoms with van der Waals surface area (Å²) in [7, 11) is 0. The summed E-state index contributed by atoms with van der Waals surface area (Å²) in [5, 5.41) is 16.3. The van der Waals surface area contributed by atoms with Crippen molar-refractivity contribution in [1.82, 2.24) is 0 Å². The summed E-state index contributed by atoms with van der Waals surface area (Å²) in [5.74, 6) is -19.1. The number of nitriles is 2. The Kier molecular flexibility index (Phi) is 8.50. The Morgan fingerprint density at radius 1 is 0.441 bits per heavy atom. The first kappa shape index (κ1) is 28.5. The molecule has 0 aliphatic carbocycles. The van der Waals surface area contributed by atoms with Crippen LogP contribution in [-0.2, 0) is 25.2 Å². The Balaban J connectivity index is 0.000000340. The standard InChI is InChI=1S/2C9H2F7N/c2*10-5-3(1-2-17)6(11)8(13)4(7(5)12)9(14,15)16/h2*1H2. The molecule has 0 saturated heterocycles. The topological polar surface area (TPSA) is 47.6 Å². The quantitative estimate of drug-likeness (QED) is 0.333. The Labute approximate surface area is 179 Å². The summed E-state index contributed by atoms with van der Waals surface area (Å²) < 4.78 is 176. The van der Waals surface area contributed by atoms with Gasteiger partial charge in [-0.3, -0.25) is 0 Å². The maximum absolute atomic E-state index is 13.0. The van der Waals surface area contributed by atoms with Crippen molar-refractivity contribution in [3.63, 3.8) is 0 Å². The van der Waals surface area contributed by atoms with E-state index in [4.69, 9.17) is 10.5 Å². The van der Waals surface area contributed by atoms with Crippen LogP contribution in [0.5, 0.6) is 0 Å². The Hall–Kier alpha value is -3.56. The fourth-order valence-electron chi connectivity index (χ4n) is 2.32. The number of alkyl halides is 6. The van der Waals surface area contributed by atoms with E-state index in [0.29, 0.717) is 0 Å². The molecule has 0 saturated carbocycles. The zero-order valence-corrected chi connectivity index (χ0v) is 15.6. The predicted octanol–water partition coefficient (Wildman–Crippen LogP) is 6.66. The highest BCUT2D eigenvalue weighted by molar-refractivity contribution is 5.34. The van der Waals surface area contributed by atoms with E-state index in [1.165, 1.54) is 12.1 Å². The highest BCUT2D eigenvalue weighted by Crippen LogP contribution is 2.38. The average Bonchev–Trinajstić information content (AvgIpc) is 2.70. The van der Waals surface area contributed by atoms with Gasteiger partial charge in [0.2, 0.25) is 0 Å². The molecule has 0 radical (unpaired) electrons. The second-order valence-corrected chi connectivity index (χ2v) is 5.88. The second kappa shape index (κ2) is 10.1. The molecule has 0 fully saturated rings. The number of nitrogens with zero attached hydrogens (tertiary/aromatic N) is 2. The molecule has 0 aliphatic rings. The predicted molar refractivity (Wildman–Crippen MR) is 81.2 cm³/mol. The van der Waals surface area contributed by atoms with Crippen LogP contribution in [0.4, 0.5) is 61.5 Å². The van der Waals surface area contributed by atoms with E-state index >= 15 is 0 Å². The molecule has 0 heterocycles. The van der Waals surface area contributed by atoms with Gasteiger partial charge in [-0.15, -0.1) is 0 Å². The van der Waals surface area contributed by atoms with Crippen molar-refractivity contribution >= 4 is 0 Å². The van der Waals surface area contributed by atoms with Gasteiger partial charge >= 0.3 is 12.4 Å². The lowest BCUT2D eigenvalue weighted by Crippen LogP contribution is -2.17. The summed E-state index contributed by atoms with van der Waals surface area (Å²) in [6.07, 6.45) is -13.3. The first-order valence-electron chi connectivity index (χ1n) is 8.01. The van der Waals surface area contributed by atoms with E-state index in [1.54, 1.807) is 0 Å². The molecule has 34 heavy (non-hydrogen) atoms. The van der Waals surface area contributed by atoms with Gasteiger partial charge in [-0.2, -0.15) is 36.9 Å². The Morgan fingerprint density at radius 2 is 0.647 bits per heavy atom. The number of hydrogen-bond donors (Lipinski definition) is 0. The summed E-state index contributed by atoms with van der Waals surface area (Å²) in [6.45, 7) is 0. The highest BCUT2D eigenvalue weighted by Gasteiger charge is 2.43. The zero-order chi connectivity index (χ0) is 26.8. The molecule has 0 aliphatic heterocycles. The molecular formula is C18H4F14N2. The van der Waals surface area contributed by atoms with Crippen molar-refractivity contribution in [2.75, 3.05) is 0 Å². The first-order valence-corrected chi connectivity index (χ1v) is 8.01. The van der Waals surface area contributed by atoms with Crippen molar-refractivity contribution in [3.8, 4) is 12.1 Å². The van der Waals surface area contributed by atoms with Crippen LogP contribution < -0.4 is 0 Å². The van der Waals surface area contributed by atoms with Crippen LogP contribution in [-0.4, -0.2) is 0 Å². The van der Waals surface area contributed by atoms with Crippen LogP contribution in [0.15, 0.2) is 0 Å². The molecule has 0 amide bonds. The molecule has 0 spiro atoms. The van der Waals surface area contributed by atoms with E-state index in [0.717, 1.165) is 0 Å². The molecular weight excluding hydrogens is 510 g/mol. The minimum absolute atomic E-state index is 1.08. The number of hydrogen-bond acceptors (Lipinski definition) is 2. The highest BCUT2D eigenvalue weighted by atomic mass is 19.4. The minimum atomic E-state index is -5.57. The fourth-order valence-corrected chi connectivity index (χ4v) is 2.32. The van der Waals surface area contributed by atoms with Crippen LogP contribution in [0.1, 0.15) is 22.3 Å². The van der Waals surface area contributed by atoms with Gasteiger partial charge < -0.3 is 0 Å². The molecule has 0 bridgehead atoms. The van der Waals surface area contributed by atoms with Crippen molar-refractivity contribution < 1.29 is 61.5 Å². The molecule has 2 aromatic carbocycles. The van der Waals surface area contributed by atoms with Crippen molar-refractivity contribution in [1.29, 1.82) is 10.5 Å². The maximum Gasteiger partial charge on any atom is 0.422 e. The second-order valence-electron chi connectivity index (χ2n) is 5.88. The van der Waals surface area contributed by atoms with E-state index in [9.17, 15) is 61.5 Å². The Morgan fingerprint density at radius 3 is 0.794 bits per heavy atom. The maximum atomic E-state index is 13.0. The minimum Gasteiger partial charge on any atom is -0.203 e. The lowest BCUT2D eigenvalue weighted by Gasteiger charge is -2.12. The van der Waals surface area contributed by atoms with Gasteiger partial charge in [0.05, 0.1) is 25.0 Å². The zero-order valence-electron chi connectivity index (χ0n) is 15.6. The average molecular weight is 514 g/mol. The smallest absolute Gasteiger partial charge is 0.203 e. The van der Waals surface area contributed by atoms with Gasteiger partial charge in [-0.1, -0.05) is 0 Å². The monoisotopic (exact) mass is 514 g/mol. The van der Waals surface area contributed by atoms with Crippen LogP contribution in [0.25, 0.3) is 0 Å². The van der Waals surface area contributed by atoms with E-state index < -0.39 is 94.0 Å². The summed E-state index contributed by atoms with van der Waals surface area (Å²) in [5.41, 5.74) is -8.02. The van der Waals surface area contributed by atoms with Gasteiger partial charge in [-0.25, -0.2) is 35.1 Å². The van der Waals surface area contributed by atoms with E-state index in [-0.39, 0.29) is 0 Å². The van der Waals surface area contributed by atoms with Crippen LogP contribution >= 0.6 is 0 Å². The van der Waals surface area contributed by atoms with Gasteiger partial charge in [-0.05, 0) is 0 Å². The van der Waals surface area contributed by atoms with Crippen molar-refractivity contribution in [3.05, 3.63) is 68.8 Å². The van der Waals surface area contributed by atoms with Gasteiger partial charge in [0.25, 0.3) is 0 Å². The van der Waals surface area contributed by atoms with Crippen molar-refractivity contribution in [2.45, 2.75) is 25.2 Å². The third-order valence-corrected chi connectivity index (χ3v) is 3.79. The first-order chi connectivity index (χ1) is 15.4. The lowest BCUT2D eigenvalue weighted by molar-refractivity contribution is -0.144. The van der Waals surface area contributed by atoms with Gasteiger partial charge in [0, 0.05) is 11.1 Å². The van der Waals surface area contributed by atoms with Crippen LogP contribution in [0.2, 0.25) is 0 Å². The fraction of sp³-hybridized carbons (Fsp3) is 0.222. The number of rotatable bonds is 2. The van der Waals surface area contributed by atoms with Crippen molar-refractivity contribution in [2.24, 2.45) is 0 Å². The van der Waals surface area contributed by atoms with Gasteiger partial charge in [0.15, 0.2) is 46.5 Å². The summed E-state index contributed by atoms with van der Waals surface area (Å²) in [4.78, 5) is 0. The molecule has 16 heteroatoms. The lowest BCUT2D eigenvalue weighted by atomic mass is 10.1. The third-order valence-electron chi connectivity index (χ3n) is 3.79. The molecule has 2 rings (SSSR count). The van der Waals surface area contributed by atoms with Crippen LogP contribution in [0, 0.1) is 69.2 Å². The largest absolute Gasteiger partial charge is 0.422 e. The SMILES string of the molecule is N#CCc1c(F)c(F)c(C(F)(F)F)c(F)c1F.N#CCc1c(F)c(F)c(C(F)(F)F)c(F)c1F. The summed E-state index contributed by atoms with van der Waals surface area (Å²) >= 11 is 0. The normalized spacial score (nSPS) is 11.4. The van der Waals surface area contributed by atoms with E-state index in [1.807, 2.05) is 0 Å². The van der Waals surface area contributed by atoms with Gasteiger partial charge in [0.1, 0.15) is 11.1 Å². The Bertz CT molecular complexity index is 1030. The van der Waals surface area contributed by atoms with Crippen LogP contribution in [0.3, 0.4) is 0 Å².